The lowest BCUT2D eigenvalue weighted by Crippen LogP contribution is -2.36. The molecular formula is C19H17F3N4O2. The zero-order valence-electron chi connectivity index (χ0n) is 14.7. The van der Waals surface area contributed by atoms with E-state index in [1.165, 1.54) is 11.6 Å². The van der Waals surface area contributed by atoms with E-state index in [9.17, 15) is 18.0 Å². The molecule has 0 spiro atoms. The van der Waals surface area contributed by atoms with Crippen LogP contribution in [0.4, 0.5) is 13.2 Å². The molecule has 1 aromatic heterocycles. The molecule has 1 amide bonds. The number of hydrogen-bond donors (Lipinski definition) is 1. The Bertz CT molecular complexity index is 1020. The van der Waals surface area contributed by atoms with Crippen LogP contribution < -0.4 is 10.2 Å². The van der Waals surface area contributed by atoms with E-state index in [2.05, 4.69) is 15.6 Å². The van der Waals surface area contributed by atoms with Gasteiger partial charge in [-0.05, 0) is 53.8 Å². The van der Waals surface area contributed by atoms with Gasteiger partial charge < -0.3 is 10.2 Å². The van der Waals surface area contributed by atoms with Gasteiger partial charge in [0.15, 0.2) is 6.61 Å². The molecule has 0 unspecified atom stereocenters. The zero-order chi connectivity index (χ0) is 19.7. The maximum atomic E-state index is 12.9. The van der Waals surface area contributed by atoms with Gasteiger partial charge in [-0.15, -0.1) is 5.10 Å². The Morgan fingerprint density at radius 3 is 2.89 bits per heavy atom. The van der Waals surface area contributed by atoms with Gasteiger partial charge in [-0.25, -0.2) is 0 Å². The third kappa shape index (κ3) is 3.64. The van der Waals surface area contributed by atoms with Gasteiger partial charge >= 0.3 is 6.18 Å². The largest absolute Gasteiger partial charge is 0.416 e. The molecule has 3 aromatic rings. The Balaban J connectivity index is 1.44. The molecule has 0 aliphatic heterocycles. The number of benzene rings is 2. The molecule has 28 heavy (non-hydrogen) atoms. The third-order valence-corrected chi connectivity index (χ3v) is 4.77. The lowest BCUT2D eigenvalue weighted by Gasteiger charge is -2.26. The van der Waals surface area contributed by atoms with Gasteiger partial charge in [0.05, 0.1) is 11.6 Å². The van der Waals surface area contributed by atoms with E-state index in [-0.39, 0.29) is 29.6 Å². The fraction of sp³-hybridized carbons (Fsp3) is 0.316. The molecule has 146 valence electrons. The molecule has 1 atom stereocenters. The molecule has 1 aliphatic carbocycles. The molecule has 1 heterocycles. The minimum Gasteiger partial charge on any atom is -0.385 e. The Hall–Kier alpha value is -3.10. The number of halogens is 3. The fourth-order valence-corrected chi connectivity index (χ4v) is 3.43. The first-order chi connectivity index (χ1) is 13.4. The van der Waals surface area contributed by atoms with Crippen LogP contribution in [0, 0.1) is 0 Å². The first kappa shape index (κ1) is 18.3. The van der Waals surface area contributed by atoms with Crippen molar-refractivity contribution in [3.05, 3.63) is 59.2 Å². The molecule has 0 radical (unpaired) electrons. The van der Waals surface area contributed by atoms with Crippen LogP contribution in [0.3, 0.4) is 0 Å². The first-order valence-electron chi connectivity index (χ1n) is 8.85. The first-order valence-corrected chi connectivity index (χ1v) is 8.85. The summed E-state index contributed by atoms with van der Waals surface area (Å²) < 4.78 is 38.7. The number of amides is 1. The maximum absolute atomic E-state index is 12.9. The number of hydrogen-bond acceptors (Lipinski definition) is 4. The van der Waals surface area contributed by atoms with Crippen molar-refractivity contribution < 1.29 is 22.8 Å². The average molecular weight is 390 g/mol. The van der Waals surface area contributed by atoms with Crippen molar-refractivity contribution in [3.8, 4) is 0 Å². The van der Waals surface area contributed by atoms with Crippen LogP contribution in [-0.2, 0) is 17.4 Å². The van der Waals surface area contributed by atoms with Gasteiger partial charge in [0, 0.05) is 0 Å². The van der Waals surface area contributed by atoms with Crippen LogP contribution in [0.2, 0.25) is 0 Å². The average Bonchev–Trinajstić information content (AvgIpc) is 3.08. The number of aromatic nitrogens is 3. The molecule has 0 saturated heterocycles. The number of carbonyl (C=O) groups is 1. The van der Waals surface area contributed by atoms with Gasteiger partial charge in [-0.2, -0.15) is 13.2 Å². The molecule has 0 fully saturated rings. The molecule has 1 aliphatic rings. The van der Waals surface area contributed by atoms with Crippen molar-refractivity contribution >= 4 is 16.9 Å². The summed E-state index contributed by atoms with van der Waals surface area (Å²) in [6.07, 6.45) is -1.72. The number of alkyl halides is 3. The van der Waals surface area contributed by atoms with E-state index in [4.69, 9.17) is 4.84 Å². The second-order valence-corrected chi connectivity index (χ2v) is 6.65. The standard InChI is InChI=1S/C19H17F3N4O2/c20-19(21,22)13-8-9-16-17(10-13)26(25-24-16)28-11-18(27)23-15-7-3-5-12-4-1-2-6-14(12)15/h1-2,4,6,8-10,15H,3,5,7,11H2,(H,23,27)/t15-/m1/s1. The third-order valence-electron chi connectivity index (χ3n) is 4.77. The number of aryl methyl sites for hydroxylation is 1. The highest BCUT2D eigenvalue weighted by molar-refractivity contribution is 5.78. The van der Waals surface area contributed by atoms with Gasteiger partial charge in [-0.3, -0.25) is 4.79 Å². The van der Waals surface area contributed by atoms with Crippen LogP contribution in [0.5, 0.6) is 0 Å². The number of rotatable bonds is 4. The summed E-state index contributed by atoms with van der Waals surface area (Å²) in [6.45, 7) is -0.382. The minimum absolute atomic E-state index is 0.0469. The highest BCUT2D eigenvalue weighted by Gasteiger charge is 2.31. The normalized spacial score (nSPS) is 16.6. The predicted molar refractivity (Wildman–Crippen MR) is 94.2 cm³/mol. The van der Waals surface area contributed by atoms with Crippen molar-refractivity contribution in [2.24, 2.45) is 0 Å². The van der Waals surface area contributed by atoms with Crippen LogP contribution >= 0.6 is 0 Å². The Morgan fingerprint density at radius 2 is 2.07 bits per heavy atom. The van der Waals surface area contributed by atoms with Crippen LogP contribution in [0.1, 0.15) is 35.6 Å². The molecule has 6 nitrogen and oxygen atoms in total. The predicted octanol–water partition coefficient (Wildman–Crippen LogP) is 3.07. The van der Waals surface area contributed by atoms with E-state index in [0.717, 1.165) is 41.8 Å². The van der Waals surface area contributed by atoms with Gasteiger partial charge in [-0.1, -0.05) is 29.1 Å². The topological polar surface area (TPSA) is 69.0 Å². The summed E-state index contributed by atoms with van der Waals surface area (Å²) >= 11 is 0. The quantitative estimate of drug-likeness (QED) is 0.744. The lowest BCUT2D eigenvalue weighted by atomic mass is 9.88. The molecule has 9 heteroatoms. The molecule has 2 aromatic carbocycles. The smallest absolute Gasteiger partial charge is 0.385 e. The molecular weight excluding hydrogens is 373 g/mol. The number of fused-ring (bicyclic) bond motifs is 2. The summed E-state index contributed by atoms with van der Waals surface area (Å²) in [5.41, 5.74) is 1.75. The van der Waals surface area contributed by atoms with Crippen molar-refractivity contribution in [1.29, 1.82) is 0 Å². The van der Waals surface area contributed by atoms with E-state index in [1.54, 1.807) is 0 Å². The molecule has 0 bridgehead atoms. The minimum atomic E-state index is -4.49. The fourth-order valence-electron chi connectivity index (χ4n) is 3.43. The second-order valence-electron chi connectivity index (χ2n) is 6.65. The summed E-state index contributed by atoms with van der Waals surface area (Å²) in [5, 5.41) is 10.3. The van der Waals surface area contributed by atoms with Crippen molar-refractivity contribution in [1.82, 2.24) is 20.5 Å². The molecule has 1 N–H and O–H groups in total. The van der Waals surface area contributed by atoms with Crippen molar-refractivity contribution in [2.45, 2.75) is 31.5 Å². The number of carbonyl (C=O) groups excluding carboxylic acids is 1. The van der Waals surface area contributed by atoms with Gasteiger partial charge in [0.2, 0.25) is 0 Å². The summed E-state index contributed by atoms with van der Waals surface area (Å²) in [7, 11) is 0. The maximum Gasteiger partial charge on any atom is 0.416 e. The van der Waals surface area contributed by atoms with Crippen LogP contribution in [0.25, 0.3) is 11.0 Å². The highest BCUT2D eigenvalue weighted by Crippen LogP contribution is 2.31. The molecule has 4 rings (SSSR count). The van der Waals surface area contributed by atoms with Crippen molar-refractivity contribution in [3.63, 3.8) is 0 Å². The molecule has 0 saturated carbocycles. The van der Waals surface area contributed by atoms with Crippen LogP contribution in [0.15, 0.2) is 42.5 Å². The SMILES string of the molecule is O=C(COn1nnc2ccc(C(F)(F)F)cc21)N[C@@H]1CCCc2ccccc21. The number of nitrogens with zero attached hydrogens (tertiary/aromatic N) is 3. The van der Waals surface area contributed by atoms with Crippen molar-refractivity contribution in [2.75, 3.05) is 6.61 Å². The van der Waals surface area contributed by atoms with E-state index >= 15 is 0 Å². The van der Waals surface area contributed by atoms with Gasteiger partial charge in [0.1, 0.15) is 11.0 Å². The Morgan fingerprint density at radius 1 is 1.25 bits per heavy atom. The van der Waals surface area contributed by atoms with E-state index in [1.807, 2.05) is 24.3 Å². The summed E-state index contributed by atoms with van der Waals surface area (Å²) in [4.78, 5) is 18.4. The highest BCUT2D eigenvalue weighted by atomic mass is 19.4. The summed E-state index contributed by atoms with van der Waals surface area (Å²) in [6, 6.07) is 10.9. The Labute approximate surface area is 158 Å². The van der Waals surface area contributed by atoms with Gasteiger partial charge in [0.25, 0.3) is 5.91 Å². The lowest BCUT2D eigenvalue weighted by molar-refractivity contribution is -0.137. The summed E-state index contributed by atoms with van der Waals surface area (Å²) in [5.74, 6) is -0.377. The second kappa shape index (κ2) is 7.14. The Kier molecular flexibility index (Phi) is 4.66. The number of nitrogens with one attached hydrogen (secondary N) is 1. The zero-order valence-corrected chi connectivity index (χ0v) is 14.7. The van der Waals surface area contributed by atoms with E-state index in [0.29, 0.717) is 0 Å². The van der Waals surface area contributed by atoms with E-state index < -0.39 is 11.7 Å². The monoisotopic (exact) mass is 390 g/mol. The van der Waals surface area contributed by atoms with Crippen LogP contribution in [-0.4, -0.2) is 27.7 Å².